The van der Waals surface area contributed by atoms with Crippen LogP contribution < -0.4 is 14.5 Å². The standard InChI is InChI=1S/C33H36ClN7O2/c1-3-29(42)41-17-16-40(19-24(41)10-13-35)31-25-12-15-39(28-9-5-7-22-6-4-8-26(34)30(22)28)20-27(25)36-32(37-31)43-21-33-18-23(33)11-14-38(33)2/h3-9,23-24H,1,10-12,14-21H2,2H3/t23?,24-,33?/m0/s1. The van der Waals surface area contributed by atoms with Gasteiger partial charge in [0.25, 0.3) is 0 Å². The number of hydrogen-bond donors (Lipinski definition) is 0. The Balaban J connectivity index is 1.23. The van der Waals surface area contributed by atoms with Crippen LogP contribution in [-0.4, -0.2) is 83.6 Å². The number of rotatable bonds is 7. The number of carbonyl (C=O) groups is 1. The van der Waals surface area contributed by atoms with E-state index in [-0.39, 0.29) is 23.9 Å². The average Bonchev–Trinajstić information content (AvgIpc) is 3.67. The molecule has 10 heteroatoms. The van der Waals surface area contributed by atoms with E-state index in [1.54, 1.807) is 4.90 Å². The number of piperidine rings is 1. The fraction of sp³-hybridized carbons (Fsp3) is 0.455. The van der Waals surface area contributed by atoms with Crippen molar-refractivity contribution in [3.05, 3.63) is 65.3 Å². The third-order valence-electron chi connectivity index (χ3n) is 9.99. The van der Waals surface area contributed by atoms with Crippen LogP contribution >= 0.6 is 11.6 Å². The van der Waals surface area contributed by atoms with Crippen molar-refractivity contribution in [1.82, 2.24) is 19.8 Å². The largest absolute Gasteiger partial charge is 0.461 e. The Morgan fingerprint density at radius 2 is 2.02 bits per heavy atom. The monoisotopic (exact) mass is 597 g/mol. The van der Waals surface area contributed by atoms with Crippen LogP contribution in [0.4, 0.5) is 11.5 Å². The Hall–Kier alpha value is -3.87. The van der Waals surface area contributed by atoms with Gasteiger partial charge in [-0.05, 0) is 62.4 Å². The average molecular weight is 598 g/mol. The van der Waals surface area contributed by atoms with E-state index < -0.39 is 0 Å². The number of halogens is 1. The molecule has 222 valence electrons. The number of benzene rings is 2. The number of carbonyl (C=O) groups excluding carboxylic acids is 1. The summed E-state index contributed by atoms with van der Waals surface area (Å²) in [4.78, 5) is 31.3. The van der Waals surface area contributed by atoms with Crippen molar-refractivity contribution in [2.24, 2.45) is 5.92 Å². The molecule has 3 aromatic rings. The van der Waals surface area contributed by atoms with E-state index in [0.717, 1.165) is 64.5 Å². The minimum Gasteiger partial charge on any atom is -0.461 e. The minimum atomic E-state index is -0.240. The van der Waals surface area contributed by atoms with E-state index in [2.05, 4.69) is 58.7 Å². The van der Waals surface area contributed by atoms with Crippen LogP contribution in [0.15, 0.2) is 49.1 Å². The number of piperazine rings is 1. The number of likely N-dealkylation sites (tertiary alicyclic amines) is 1. The highest BCUT2D eigenvalue weighted by atomic mass is 35.5. The van der Waals surface area contributed by atoms with Gasteiger partial charge in [-0.3, -0.25) is 9.69 Å². The van der Waals surface area contributed by atoms with Gasteiger partial charge in [-0.2, -0.15) is 15.2 Å². The van der Waals surface area contributed by atoms with Crippen molar-refractivity contribution in [3.8, 4) is 12.1 Å². The highest BCUT2D eigenvalue weighted by Gasteiger charge is 2.61. The van der Waals surface area contributed by atoms with Crippen LogP contribution in [-0.2, 0) is 17.8 Å². The van der Waals surface area contributed by atoms with Crippen LogP contribution in [0, 0.1) is 17.2 Å². The SMILES string of the molecule is C=CC(=O)N1CCN(c2nc(OCC34CC3CCN4C)nc3c2CCN(c2cccc4cccc(Cl)c24)C3)C[C@@H]1CC#N. The summed E-state index contributed by atoms with van der Waals surface area (Å²) in [6.07, 6.45) is 4.71. The predicted molar refractivity (Wildman–Crippen MR) is 167 cm³/mol. The summed E-state index contributed by atoms with van der Waals surface area (Å²) in [7, 11) is 2.18. The molecule has 7 rings (SSSR count). The highest BCUT2D eigenvalue weighted by Crippen LogP contribution is 2.54. The Bertz CT molecular complexity index is 1630. The second-order valence-corrected chi connectivity index (χ2v) is 12.7. The zero-order valence-electron chi connectivity index (χ0n) is 24.5. The lowest BCUT2D eigenvalue weighted by atomic mass is 10.0. The molecule has 1 amide bonds. The molecule has 2 aromatic carbocycles. The van der Waals surface area contributed by atoms with Crippen LogP contribution in [0.1, 0.15) is 30.5 Å². The van der Waals surface area contributed by atoms with Gasteiger partial charge in [-0.15, -0.1) is 0 Å². The predicted octanol–water partition coefficient (Wildman–Crippen LogP) is 4.44. The lowest BCUT2D eigenvalue weighted by Gasteiger charge is -2.42. The maximum atomic E-state index is 12.6. The first-order valence-electron chi connectivity index (χ1n) is 15.1. The number of aromatic nitrogens is 2. The lowest BCUT2D eigenvalue weighted by Crippen LogP contribution is -2.55. The molecule has 1 saturated carbocycles. The molecule has 3 atom stereocenters. The topological polar surface area (TPSA) is 88.8 Å². The smallest absolute Gasteiger partial charge is 0.318 e. The fourth-order valence-electron chi connectivity index (χ4n) is 7.45. The lowest BCUT2D eigenvalue weighted by molar-refractivity contribution is -0.128. The Labute approximate surface area is 257 Å². The second-order valence-electron chi connectivity index (χ2n) is 12.2. The van der Waals surface area contributed by atoms with Gasteiger partial charge >= 0.3 is 6.01 Å². The number of amides is 1. The molecule has 4 aliphatic rings. The second kappa shape index (κ2) is 11.0. The minimum absolute atomic E-state index is 0.0970. The van der Waals surface area contributed by atoms with Gasteiger partial charge in [0.2, 0.25) is 5.91 Å². The number of hydrogen-bond acceptors (Lipinski definition) is 8. The molecule has 9 nitrogen and oxygen atoms in total. The van der Waals surface area contributed by atoms with Gasteiger partial charge in [0.05, 0.1) is 41.3 Å². The van der Waals surface area contributed by atoms with Gasteiger partial charge in [0.15, 0.2) is 0 Å². The molecule has 3 aliphatic heterocycles. The van der Waals surface area contributed by atoms with E-state index in [0.29, 0.717) is 44.7 Å². The zero-order valence-corrected chi connectivity index (χ0v) is 25.3. The van der Waals surface area contributed by atoms with Crippen molar-refractivity contribution >= 4 is 39.8 Å². The molecule has 0 radical (unpaired) electrons. The first kappa shape index (κ1) is 27.9. The van der Waals surface area contributed by atoms with Gasteiger partial charge in [0, 0.05) is 42.8 Å². The Kier molecular flexibility index (Phi) is 7.15. The van der Waals surface area contributed by atoms with Gasteiger partial charge in [0.1, 0.15) is 12.4 Å². The maximum Gasteiger partial charge on any atom is 0.318 e. The van der Waals surface area contributed by atoms with Crippen LogP contribution in [0.25, 0.3) is 10.8 Å². The number of nitriles is 1. The van der Waals surface area contributed by atoms with Crippen molar-refractivity contribution in [2.45, 2.75) is 43.8 Å². The molecule has 1 aromatic heterocycles. The molecule has 2 unspecified atom stereocenters. The molecule has 0 spiro atoms. The molecule has 3 fully saturated rings. The van der Waals surface area contributed by atoms with E-state index in [1.807, 2.05) is 12.1 Å². The van der Waals surface area contributed by atoms with Gasteiger partial charge < -0.3 is 19.4 Å². The third-order valence-corrected chi connectivity index (χ3v) is 10.3. The van der Waals surface area contributed by atoms with Crippen LogP contribution in [0.2, 0.25) is 5.02 Å². The van der Waals surface area contributed by atoms with Crippen molar-refractivity contribution in [2.75, 3.05) is 56.2 Å². The van der Waals surface area contributed by atoms with E-state index in [1.165, 1.54) is 12.5 Å². The number of fused-ring (bicyclic) bond motifs is 3. The first-order chi connectivity index (χ1) is 20.9. The number of ether oxygens (including phenoxy) is 1. The molecule has 0 bridgehead atoms. The summed E-state index contributed by atoms with van der Waals surface area (Å²) in [5.74, 6) is 1.40. The Morgan fingerprint density at radius 1 is 1.19 bits per heavy atom. The first-order valence-corrected chi connectivity index (χ1v) is 15.5. The van der Waals surface area contributed by atoms with Gasteiger partial charge in [-0.25, -0.2) is 0 Å². The van der Waals surface area contributed by atoms with Crippen molar-refractivity contribution < 1.29 is 9.53 Å². The summed E-state index contributed by atoms with van der Waals surface area (Å²) in [5, 5.41) is 12.4. The van der Waals surface area contributed by atoms with E-state index >= 15 is 0 Å². The number of likely N-dealkylation sites (N-methyl/N-ethyl adjacent to an activating group) is 1. The molecule has 0 N–H and O–H groups in total. The summed E-state index contributed by atoms with van der Waals surface area (Å²) >= 11 is 6.71. The fourth-order valence-corrected chi connectivity index (χ4v) is 7.73. The van der Waals surface area contributed by atoms with E-state index in [9.17, 15) is 10.1 Å². The number of nitrogens with zero attached hydrogens (tertiary/aromatic N) is 7. The Morgan fingerprint density at radius 3 is 2.77 bits per heavy atom. The molecule has 2 saturated heterocycles. The summed E-state index contributed by atoms with van der Waals surface area (Å²) in [5.41, 5.74) is 3.24. The summed E-state index contributed by atoms with van der Waals surface area (Å²) in [6.45, 7) is 8.37. The van der Waals surface area contributed by atoms with Crippen LogP contribution in [0.3, 0.4) is 0 Å². The molecule has 4 heterocycles. The van der Waals surface area contributed by atoms with Crippen molar-refractivity contribution in [1.29, 1.82) is 5.26 Å². The van der Waals surface area contributed by atoms with Gasteiger partial charge in [-0.1, -0.05) is 42.4 Å². The molecule has 1 aliphatic carbocycles. The normalized spacial score (nSPS) is 24.8. The molecular formula is C33H36ClN7O2. The van der Waals surface area contributed by atoms with Crippen molar-refractivity contribution in [3.63, 3.8) is 0 Å². The summed E-state index contributed by atoms with van der Waals surface area (Å²) in [6, 6.07) is 14.7. The van der Waals surface area contributed by atoms with Crippen LogP contribution in [0.5, 0.6) is 6.01 Å². The van der Waals surface area contributed by atoms with E-state index in [4.69, 9.17) is 26.3 Å². The summed E-state index contributed by atoms with van der Waals surface area (Å²) < 4.78 is 6.42. The highest BCUT2D eigenvalue weighted by molar-refractivity contribution is 6.36. The maximum absolute atomic E-state index is 12.6. The zero-order chi connectivity index (χ0) is 29.7. The molecule has 43 heavy (non-hydrogen) atoms. The molecular weight excluding hydrogens is 562 g/mol. The number of anilines is 2. The third kappa shape index (κ3) is 4.87. The quantitative estimate of drug-likeness (QED) is 0.370.